The fourth-order valence-electron chi connectivity index (χ4n) is 2.10. The molecule has 0 aliphatic carbocycles. The number of hydrogen-bond acceptors (Lipinski definition) is 2. The molecular formula is C16H20ClNS. The van der Waals surface area contributed by atoms with Crippen molar-refractivity contribution in [3.63, 3.8) is 0 Å². The van der Waals surface area contributed by atoms with Crippen molar-refractivity contribution in [1.82, 2.24) is 5.32 Å². The van der Waals surface area contributed by atoms with E-state index in [1.165, 1.54) is 21.7 Å². The highest BCUT2D eigenvalue weighted by atomic mass is 35.5. The summed E-state index contributed by atoms with van der Waals surface area (Å²) in [5, 5.41) is 4.39. The van der Waals surface area contributed by atoms with E-state index in [0.717, 1.165) is 18.0 Å². The van der Waals surface area contributed by atoms with Crippen LogP contribution in [0.5, 0.6) is 0 Å². The van der Waals surface area contributed by atoms with Gasteiger partial charge in [0.05, 0.1) is 0 Å². The van der Waals surface area contributed by atoms with Gasteiger partial charge in [0.15, 0.2) is 0 Å². The number of thiophene rings is 1. The molecular weight excluding hydrogens is 274 g/mol. The summed E-state index contributed by atoms with van der Waals surface area (Å²) in [6.07, 6.45) is 2.29. The highest BCUT2D eigenvalue weighted by Crippen LogP contribution is 2.33. The lowest BCUT2D eigenvalue weighted by Gasteiger charge is -2.14. The number of rotatable bonds is 6. The fraction of sp³-hybridized carbons (Fsp3) is 0.375. The van der Waals surface area contributed by atoms with Crippen LogP contribution in [0.1, 0.15) is 37.6 Å². The SMILES string of the molecule is CCCNC(CC)c1ccc(-c2cccc(Cl)c2)s1. The zero-order chi connectivity index (χ0) is 13.7. The van der Waals surface area contributed by atoms with Gasteiger partial charge in [0.25, 0.3) is 0 Å². The summed E-state index contributed by atoms with van der Waals surface area (Å²) in [7, 11) is 0. The molecule has 0 saturated carbocycles. The summed E-state index contributed by atoms with van der Waals surface area (Å²) in [4.78, 5) is 2.69. The van der Waals surface area contributed by atoms with Crippen LogP contribution in [0.2, 0.25) is 5.02 Å². The Bertz CT molecular complexity index is 521. The maximum Gasteiger partial charge on any atom is 0.0412 e. The van der Waals surface area contributed by atoms with Crippen LogP contribution < -0.4 is 5.32 Å². The molecule has 19 heavy (non-hydrogen) atoms. The normalized spacial score (nSPS) is 12.6. The number of nitrogens with one attached hydrogen (secondary N) is 1. The van der Waals surface area contributed by atoms with E-state index in [9.17, 15) is 0 Å². The predicted octanol–water partition coefficient (Wildman–Crippen LogP) is 5.52. The quantitative estimate of drug-likeness (QED) is 0.739. The van der Waals surface area contributed by atoms with Gasteiger partial charge in [0.1, 0.15) is 0 Å². The summed E-state index contributed by atoms with van der Waals surface area (Å²) in [5.41, 5.74) is 1.20. The first-order valence-electron chi connectivity index (χ1n) is 6.83. The predicted molar refractivity (Wildman–Crippen MR) is 86.1 cm³/mol. The molecule has 1 heterocycles. The standard InChI is InChI=1S/C16H20ClNS/c1-3-10-18-14(4-2)16-9-8-15(19-16)12-6-5-7-13(17)11-12/h5-9,11,14,18H,3-4,10H2,1-2H3. The van der Waals surface area contributed by atoms with Gasteiger partial charge >= 0.3 is 0 Å². The van der Waals surface area contributed by atoms with E-state index >= 15 is 0 Å². The summed E-state index contributed by atoms with van der Waals surface area (Å²) in [6.45, 7) is 5.50. The average molecular weight is 294 g/mol. The minimum Gasteiger partial charge on any atom is -0.309 e. The molecule has 1 atom stereocenters. The number of hydrogen-bond donors (Lipinski definition) is 1. The molecule has 0 amide bonds. The smallest absolute Gasteiger partial charge is 0.0412 e. The van der Waals surface area contributed by atoms with Crippen molar-refractivity contribution >= 4 is 22.9 Å². The Labute approximate surface area is 124 Å². The molecule has 0 radical (unpaired) electrons. The van der Waals surface area contributed by atoms with Crippen molar-refractivity contribution in [2.75, 3.05) is 6.54 Å². The van der Waals surface area contributed by atoms with E-state index in [1.54, 1.807) is 0 Å². The Kier molecular flexibility index (Phi) is 5.44. The largest absolute Gasteiger partial charge is 0.309 e. The van der Waals surface area contributed by atoms with Gasteiger partial charge in [0, 0.05) is 20.8 Å². The topological polar surface area (TPSA) is 12.0 Å². The lowest BCUT2D eigenvalue weighted by atomic mass is 10.1. The van der Waals surface area contributed by atoms with Crippen LogP contribution in [-0.2, 0) is 0 Å². The second-order valence-electron chi connectivity index (χ2n) is 4.63. The summed E-state index contributed by atoms with van der Waals surface area (Å²) in [5.74, 6) is 0. The third-order valence-electron chi connectivity index (χ3n) is 3.13. The molecule has 0 fully saturated rings. The third kappa shape index (κ3) is 3.82. The van der Waals surface area contributed by atoms with E-state index in [-0.39, 0.29) is 0 Å². The van der Waals surface area contributed by atoms with Crippen molar-refractivity contribution in [3.8, 4) is 10.4 Å². The first-order valence-corrected chi connectivity index (χ1v) is 8.03. The van der Waals surface area contributed by atoms with Gasteiger partial charge in [-0.1, -0.05) is 37.6 Å². The van der Waals surface area contributed by atoms with Gasteiger partial charge in [-0.25, -0.2) is 0 Å². The van der Waals surface area contributed by atoms with Crippen molar-refractivity contribution in [2.24, 2.45) is 0 Å². The van der Waals surface area contributed by atoms with E-state index in [4.69, 9.17) is 11.6 Å². The zero-order valence-electron chi connectivity index (χ0n) is 11.4. The molecule has 0 aliphatic heterocycles. The maximum absolute atomic E-state index is 6.05. The van der Waals surface area contributed by atoms with Gasteiger partial charge in [-0.15, -0.1) is 11.3 Å². The molecule has 102 valence electrons. The lowest BCUT2D eigenvalue weighted by Crippen LogP contribution is -2.20. The minimum absolute atomic E-state index is 0.470. The van der Waals surface area contributed by atoms with Crippen LogP contribution in [0.15, 0.2) is 36.4 Å². The van der Waals surface area contributed by atoms with E-state index in [1.807, 2.05) is 29.5 Å². The Morgan fingerprint density at radius 1 is 1.21 bits per heavy atom. The van der Waals surface area contributed by atoms with Crippen molar-refractivity contribution < 1.29 is 0 Å². The third-order valence-corrected chi connectivity index (χ3v) is 4.61. The molecule has 2 aromatic rings. The molecule has 3 heteroatoms. The van der Waals surface area contributed by atoms with Crippen LogP contribution in [0.4, 0.5) is 0 Å². The van der Waals surface area contributed by atoms with Crippen molar-refractivity contribution in [3.05, 3.63) is 46.3 Å². The van der Waals surface area contributed by atoms with Crippen LogP contribution in [0.3, 0.4) is 0 Å². The molecule has 1 N–H and O–H groups in total. The minimum atomic E-state index is 0.470. The molecule has 0 saturated heterocycles. The second-order valence-corrected chi connectivity index (χ2v) is 6.18. The Balaban J connectivity index is 2.18. The fourth-order valence-corrected chi connectivity index (χ4v) is 3.46. The Hall–Kier alpha value is -0.830. The van der Waals surface area contributed by atoms with Crippen LogP contribution in [0.25, 0.3) is 10.4 Å². The van der Waals surface area contributed by atoms with E-state index < -0.39 is 0 Å². The van der Waals surface area contributed by atoms with Crippen molar-refractivity contribution in [1.29, 1.82) is 0 Å². The van der Waals surface area contributed by atoms with Crippen LogP contribution >= 0.6 is 22.9 Å². The van der Waals surface area contributed by atoms with Crippen LogP contribution in [-0.4, -0.2) is 6.54 Å². The maximum atomic E-state index is 6.05. The zero-order valence-corrected chi connectivity index (χ0v) is 13.0. The summed E-state index contributed by atoms with van der Waals surface area (Å²) >= 11 is 7.91. The first kappa shape index (κ1) is 14.6. The molecule has 1 unspecified atom stereocenters. The summed E-state index contributed by atoms with van der Waals surface area (Å²) < 4.78 is 0. The molecule has 1 aromatic heterocycles. The van der Waals surface area contributed by atoms with Gasteiger partial charge in [-0.2, -0.15) is 0 Å². The van der Waals surface area contributed by atoms with E-state index in [0.29, 0.717) is 6.04 Å². The molecule has 2 rings (SSSR count). The van der Waals surface area contributed by atoms with Gasteiger partial charge in [0.2, 0.25) is 0 Å². The van der Waals surface area contributed by atoms with Gasteiger partial charge in [-0.3, -0.25) is 0 Å². The monoisotopic (exact) mass is 293 g/mol. The Morgan fingerprint density at radius 3 is 2.74 bits per heavy atom. The molecule has 0 bridgehead atoms. The van der Waals surface area contributed by atoms with Gasteiger partial charge in [-0.05, 0) is 49.2 Å². The Morgan fingerprint density at radius 2 is 2.05 bits per heavy atom. The molecule has 0 aliphatic rings. The highest BCUT2D eigenvalue weighted by Gasteiger charge is 2.11. The first-order chi connectivity index (χ1) is 9.24. The second kappa shape index (κ2) is 7.09. The number of benzene rings is 1. The van der Waals surface area contributed by atoms with Crippen LogP contribution in [0, 0.1) is 0 Å². The average Bonchev–Trinajstić information content (AvgIpc) is 2.89. The molecule has 1 nitrogen and oxygen atoms in total. The summed E-state index contributed by atoms with van der Waals surface area (Å²) in [6, 6.07) is 13.0. The molecule has 0 spiro atoms. The van der Waals surface area contributed by atoms with Gasteiger partial charge < -0.3 is 5.32 Å². The van der Waals surface area contributed by atoms with E-state index in [2.05, 4.69) is 37.4 Å². The van der Waals surface area contributed by atoms with Crippen molar-refractivity contribution in [2.45, 2.75) is 32.7 Å². The molecule has 1 aromatic carbocycles. The highest BCUT2D eigenvalue weighted by molar-refractivity contribution is 7.15. The number of halogens is 1. The lowest BCUT2D eigenvalue weighted by molar-refractivity contribution is 0.525.